The van der Waals surface area contributed by atoms with Crippen molar-refractivity contribution >= 4 is 27.7 Å². The van der Waals surface area contributed by atoms with Gasteiger partial charge in [0.1, 0.15) is 5.58 Å². The van der Waals surface area contributed by atoms with Crippen LogP contribution in [-0.4, -0.2) is 20.5 Å². The van der Waals surface area contributed by atoms with Crippen LogP contribution in [0.5, 0.6) is 0 Å². The van der Waals surface area contributed by atoms with Crippen LogP contribution in [-0.2, 0) is 16.6 Å². The van der Waals surface area contributed by atoms with Crippen LogP contribution in [0.1, 0.15) is 30.0 Å². The van der Waals surface area contributed by atoms with Crippen LogP contribution in [0.2, 0.25) is 0 Å². The minimum absolute atomic E-state index is 0.0767. The molecule has 1 heterocycles. The Morgan fingerprint density at radius 3 is 2.72 bits per heavy atom. The minimum Gasteiger partial charge on any atom is -0.475 e. The normalized spacial score (nSPS) is 13.1. The fourth-order valence-electron chi connectivity index (χ4n) is 1.62. The first-order valence-corrected chi connectivity index (χ1v) is 6.98. The molecule has 0 saturated heterocycles. The van der Waals surface area contributed by atoms with Crippen molar-refractivity contribution in [3.63, 3.8) is 0 Å². The zero-order valence-corrected chi connectivity index (χ0v) is 11.0. The molecule has 0 amide bonds. The molecule has 1 unspecified atom stereocenters. The molecular weight excluding hydrogens is 252 g/mol. The van der Waals surface area contributed by atoms with Crippen molar-refractivity contribution in [2.24, 2.45) is 0 Å². The van der Waals surface area contributed by atoms with Crippen molar-refractivity contribution < 1.29 is 18.5 Å². The third kappa shape index (κ3) is 2.61. The van der Waals surface area contributed by atoms with Gasteiger partial charge in [0, 0.05) is 27.2 Å². The third-order valence-electron chi connectivity index (χ3n) is 2.63. The fraction of sp³-hybridized carbons (Fsp3) is 0.308. The van der Waals surface area contributed by atoms with Gasteiger partial charge in [-0.2, -0.15) is 0 Å². The summed E-state index contributed by atoms with van der Waals surface area (Å²) in [6, 6.07) is 6.84. The highest BCUT2D eigenvalue weighted by Crippen LogP contribution is 2.21. The number of rotatable bonds is 4. The first kappa shape index (κ1) is 12.8. The molecule has 96 valence electrons. The number of hydrogen-bond donors (Lipinski definition) is 1. The monoisotopic (exact) mass is 266 g/mol. The van der Waals surface area contributed by atoms with Crippen molar-refractivity contribution in [2.45, 2.75) is 24.9 Å². The largest absolute Gasteiger partial charge is 0.475 e. The number of carbonyl (C=O) groups is 1. The smallest absolute Gasteiger partial charge is 0.371 e. The highest BCUT2D eigenvalue weighted by molar-refractivity contribution is 7.84. The van der Waals surface area contributed by atoms with Crippen LogP contribution in [0.3, 0.4) is 0 Å². The van der Waals surface area contributed by atoms with Gasteiger partial charge < -0.3 is 9.52 Å². The number of carboxylic acids is 1. The third-order valence-corrected chi connectivity index (χ3v) is 4.30. The predicted molar refractivity (Wildman–Crippen MR) is 70.2 cm³/mol. The maximum atomic E-state index is 11.8. The zero-order valence-electron chi connectivity index (χ0n) is 10.2. The summed E-state index contributed by atoms with van der Waals surface area (Å²) in [6.07, 6.45) is 0. The summed E-state index contributed by atoms with van der Waals surface area (Å²) in [5.74, 6) is -0.688. The lowest BCUT2D eigenvalue weighted by molar-refractivity contribution is 0.0665. The summed E-state index contributed by atoms with van der Waals surface area (Å²) in [5.41, 5.74) is 1.46. The van der Waals surface area contributed by atoms with E-state index in [1.807, 2.05) is 26.0 Å². The van der Waals surface area contributed by atoms with Crippen LogP contribution < -0.4 is 0 Å². The molecule has 0 aliphatic heterocycles. The highest BCUT2D eigenvalue weighted by Gasteiger charge is 2.12. The average Bonchev–Trinajstić information content (AvgIpc) is 2.71. The lowest BCUT2D eigenvalue weighted by atomic mass is 10.2. The second-order valence-corrected chi connectivity index (χ2v) is 6.35. The van der Waals surface area contributed by atoms with E-state index in [-0.39, 0.29) is 11.0 Å². The number of hydrogen-bond acceptors (Lipinski definition) is 3. The lowest BCUT2D eigenvalue weighted by Gasteiger charge is -2.05. The Hall–Kier alpha value is -1.62. The molecule has 0 saturated carbocycles. The molecule has 4 nitrogen and oxygen atoms in total. The molecule has 0 fully saturated rings. The van der Waals surface area contributed by atoms with Crippen molar-refractivity contribution in [3.8, 4) is 0 Å². The summed E-state index contributed by atoms with van der Waals surface area (Å²) in [6.45, 7) is 3.82. The van der Waals surface area contributed by atoms with Crippen molar-refractivity contribution in [1.82, 2.24) is 0 Å². The number of benzene rings is 1. The molecule has 5 heteroatoms. The van der Waals surface area contributed by atoms with Gasteiger partial charge in [-0.05, 0) is 23.8 Å². The van der Waals surface area contributed by atoms with E-state index in [1.54, 1.807) is 6.07 Å². The van der Waals surface area contributed by atoms with E-state index >= 15 is 0 Å². The summed E-state index contributed by atoms with van der Waals surface area (Å²) in [4.78, 5) is 10.8. The first-order chi connectivity index (χ1) is 8.47. The van der Waals surface area contributed by atoms with Crippen molar-refractivity contribution in [1.29, 1.82) is 0 Å². The van der Waals surface area contributed by atoms with Gasteiger partial charge in [-0.15, -0.1) is 0 Å². The number of fused-ring (bicyclic) bond motifs is 1. The minimum atomic E-state index is -1.08. The maximum Gasteiger partial charge on any atom is 0.371 e. The zero-order chi connectivity index (χ0) is 13.3. The van der Waals surface area contributed by atoms with Crippen LogP contribution in [0, 0.1) is 0 Å². The molecule has 0 aliphatic carbocycles. The topological polar surface area (TPSA) is 67.5 Å². The molecule has 18 heavy (non-hydrogen) atoms. The Morgan fingerprint density at radius 2 is 2.11 bits per heavy atom. The van der Waals surface area contributed by atoms with E-state index in [9.17, 15) is 9.00 Å². The Kier molecular flexibility index (Phi) is 3.52. The first-order valence-electron chi connectivity index (χ1n) is 5.60. The lowest BCUT2D eigenvalue weighted by Crippen LogP contribution is -2.07. The van der Waals surface area contributed by atoms with E-state index in [2.05, 4.69) is 0 Å². The van der Waals surface area contributed by atoms with E-state index < -0.39 is 16.8 Å². The predicted octanol–water partition coefficient (Wildman–Crippen LogP) is 2.79. The molecule has 1 atom stereocenters. The van der Waals surface area contributed by atoms with Crippen molar-refractivity contribution in [2.75, 3.05) is 0 Å². The van der Waals surface area contributed by atoms with E-state index in [0.29, 0.717) is 11.3 Å². The summed E-state index contributed by atoms with van der Waals surface area (Å²) in [5, 5.41) is 9.67. The number of carboxylic acid groups (broad SMARTS) is 1. The molecular formula is C13H14O4S. The van der Waals surface area contributed by atoms with Gasteiger partial charge in [0.05, 0.1) is 0 Å². The Morgan fingerprint density at radius 1 is 1.39 bits per heavy atom. The summed E-state index contributed by atoms with van der Waals surface area (Å²) >= 11 is 0. The molecule has 1 aromatic carbocycles. The number of furan rings is 1. The highest BCUT2D eigenvalue weighted by atomic mass is 32.2. The van der Waals surface area contributed by atoms with Crippen molar-refractivity contribution in [3.05, 3.63) is 35.6 Å². The van der Waals surface area contributed by atoms with Gasteiger partial charge in [-0.3, -0.25) is 4.21 Å². The van der Waals surface area contributed by atoms with Crippen LogP contribution in [0.4, 0.5) is 0 Å². The Balaban J connectivity index is 2.32. The van der Waals surface area contributed by atoms with Crippen LogP contribution >= 0.6 is 0 Å². The van der Waals surface area contributed by atoms with E-state index in [0.717, 1.165) is 10.9 Å². The van der Waals surface area contributed by atoms with Gasteiger partial charge in [0.15, 0.2) is 0 Å². The second-order valence-electron chi connectivity index (χ2n) is 4.36. The molecule has 2 rings (SSSR count). The Bertz CT molecular complexity index is 612. The molecule has 1 N–H and O–H groups in total. The van der Waals surface area contributed by atoms with Crippen LogP contribution in [0.15, 0.2) is 28.7 Å². The maximum absolute atomic E-state index is 11.8. The van der Waals surface area contributed by atoms with Gasteiger partial charge in [0.25, 0.3) is 0 Å². The van der Waals surface area contributed by atoms with Crippen LogP contribution in [0.25, 0.3) is 11.0 Å². The summed E-state index contributed by atoms with van der Waals surface area (Å²) in [7, 11) is -0.915. The van der Waals surface area contributed by atoms with E-state index in [4.69, 9.17) is 9.52 Å². The molecule has 2 aromatic rings. The SMILES string of the molecule is CC(C)S(=O)Cc1ccc2oc(C(=O)O)cc2c1. The molecule has 0 aliphatic rings. The van der Waals surface area contributed by atoms with Gasteiger partial charge in [-0.25, -0.2) is 4.79 Å². The average molecular weight is 266 g/mol. The summed E-state index contributed by atoms with van der Waals surface area (Å²) < 4.78 is 16.9. The molecule has 1 aromatic heterocycles. The Labute approximate surface area is 107 Å². The quantitative estimate of drug-likeness (QED) is 0.924. The molecule has 0 spiro atoms. The standard InChI is InChI=1S/C13H14O4S/c1-8(2)18(16)7-9-3-4-11-10(5-9)6-12(17-11)13(14)15/h3-6,8H,7H2,1-2H3,(H,14,15). The van der Waals surface area contributed by atoms with Gasteiger partial charge >= 0.3 is 5.97 Å². The fourth-order valence-corrected chi connectivity index (χ4v) is 2.46. The van der Waals surface area contributed by atoms with Gasteiger partial charge in [-0.1, -0.05) is 19.9 Å². The van der Waals surface area contributed by atoms with Gasteiger partial charge in [0.2, 0.25) is 5.76 Å². The second kappa shape index (κ2) is 4.94. The molecule has 0 radical (unpaired) electrons. The number of aromatic carboxylic acids is 1. The van der Waals surface area contributed by atoms with E-state index in [1.165, 1.54) is 6.07 Å². The molecule has 0 bridgehead atoms.